The molecule has 1 aromatic heterocycles. The first-order valence-electron chi connectivity index (χ1n) is 3.41. The lowest BCUT2D eigenvalue weighted by Crippen LogP contribution is -1.94. The van der Waals surface area contributed by atoms with Crippen LogP contribution in [-0.2, 0) is 0 Å². The van der Waals surface area contributed by atoms with E-state index >= 15 is 0 Å². The van der Waals surface area contributed by atoms with Gasteiger partial charge in [-0.05, 0) is 12.2 Å². The van der Waals surface area contributed by atoms with Gasteiger partial charge in [0.15, 0.2) is 5.76 Å². The summed E-state index contributed by atoms with van der Waals surface area (Å²) < 4.78 is 4.70. The minimum Gasteiger partial charge on any atom is -0.408 e. The second-order valence-corrected chi connectivity index (χ2v) is 2.08. The number of hydrogen-bond donors (Lipinski definition) is 2. The van der Waals surface area contributed by atoms with Gasteiger partial charge in [0.25, 0.3) is 0 Å². The second kappa shape index (κ2) is 3.73. The lowest BCUT2D eigenvalue weighted by molar-refractivity contribution is 0.343. The summed E-state index contributed by atoms with van der Waals surface area (Å²) in [5.41, 5.74) is 0.518. The molecule has 1 aromatic rings. The van der Waals surface area contributed by atoms with Crippen molar-refractivity contribution in [2.24, 2.45) is 0 Å². The Hall–Kier alpha value is -1.55. The van der Waals surface area contributed by atoms with E-state index in [4.69, 9.17) is 9.52 Å². The molecule has 1 heterocycles. The van der Waals surface area contributed by atoms with Gasteiger partial charge in [-0.15, -0.1) is 0 Å². The fourth-order valence-corrected chi connectivity index (χ4v) is 0.798. The molecule has 0 aromatic carbocycles. The molecule has 0 atom stereocenters. The van der Waals surface area contributed by atoms with Gasteiger partial charge in [-0.3, -0.25) is 4.98 Å². The van der Waals surface area contributed by atoms with E-state index in [1.807, 2.05) is 0 Å². The monoisotopic (exact) mass is 167 g/mol. The van der Waals surface area contributed by atoms with Crippen LogP contribution in [-0.4, -0.2) is 16.7 Å². The van der Waals surface area contributed by atoms with Crippen LogP contribution in [0, 0.1) is 0 Å². The lowest BCUT2D eigenvalue weighted by Gasteiger charge is -1.85. The average molecular weight is 167 g/mol. The van der Waals surface area contributed by atoms with E-state index in [1.165, 1.54) is 12.2 Å². The zero-order valence-electron chi connectivity index (χ0n) is 6.41. The molecule has 0 saturated carbocycles. The molecule has 64 valence electrons. The molecule has 4 heteroatoms. The third-order valence-corrected chi connectivity index (χ3v) is 1.28. The van der Waals surface area contributed by atoms with Gasteiger partial charge in [0.1, 0.15) is 0 Å². The quantitative estimate of drug-likeness (QED) is 0.693. The van der Waals surface area contributed by atoms with Crippen LogP contribution in [0.3, 0.4) is 0 Å². The molecule has 0 amide bonds. The summed E-state index contributed by atoms with van der Waals surface area (Å²) in [5.74, 6) is -0.146. The lowest BCUT2D eigenvalue weighted by atomic mass is 10.3. The van der Waals surface area contributed by atoms with Crippen molar-refractivity contribution in [1.29, 1.82) is 0 Å². The molecule has 0 unspecified atom stereocenters. The van der Waals surface area contributed by atoms with Crippen LogP contribution in [0.5, 0.6) is 0 Å². The topological polar surface area (TPSA) is 66.2 Å². The number of nitrogens with one attached hydrogen (secondary N) is 1. The van der Waals surface area contributed by atoms with Crippen molar-refractivity contribution in [2.75, 3.05) is 6.61 Å². The first-order valence-corrected chi connectivity index (χ1v) is 3.41. The number of aliphatic hydroxyl groups is 1. The van der Waals surface area contributed by atoms with E-state index in [-0.39, 0.29) is 6.61 Å². The molecule has 0 radical (unpaired) electrons. The molecular weight excluding hydrogens is 158 g/mol. The van der Waals surface area contributed by atoms with Crippen LogP contribution in [0.1, 0.15) is 11.5 Å². The predicted octanol–water partition coefficient (Wildman–Crippen LogP) is 0.616. The van der Waals surface area contributed by atoms with E-state index in [9.17, 15) is 4.79 Å². The van der Waals surface area contributed by atoms with Crippen molar-refractivity contribution in [3.05, 3.63) is 34.7 Å². The van der Waals surface area contributed by atoms with E-state index in [0.29, 0.717) is 11.5 Å². The van der Waals surface area contributed by atoms with Gasteiger partial charge in [0, 0.05) is 0 Å². The van der Waals surface area contributed by atoms with Gasteiger partial charge in [0.05, 0.1) is 12.3 Å². The highest BCUT2D eigenvalue weighted by atomic mass is 16.4. The molecule has 0 fully saturated rings. The van der Waals surface area contributed by atoms with Crippen LogP contribution in [0.15, 0.2) is 21.9 Å². The molecule has 0 spiro atoms. The summed E-state index contributed by atoms with van der Waals surface area (Å²) in [4.78, 5) is 13.1. The molecular formula is C8H9NO3. The van der Waals surface area contributed by atoms with Gasteiger partial charge >= 0.3 is 5.76 Å². The minimum absolute atomic E-state index is 0.0796. The Morgan fingerprint density at radius 3 is 3.00 bits per heavy atom. The number of rotatable bonds is 3. The zero-order chi connectivity index (χ0) is 8.97. The van der Waals surface area contributed by atoms with Crippen LogP contribution in [0.2, 0.25) is 0 Å². The SMILES string of the molecule is C=Cc1oc(=O)[nH]c1/C=C\CO. The summed E-state index contributed by atoms with van der Waals surface area (Å²) in [6.45, 7) is 3.38. The maximum atomic E-state index is 10.7. The molecule has 1 rings (SSSR count). The standard InChI is InChI=1S/C8H9NO3/c1-2-7-6(4-3-5-10)9-8(11)12-7/h2-4,10H,1,5H2,(H,9,11)/b4-3-. The molecule has 12 heavy (non-hydrogen) atoms. The Labute approximate surface area is 68.8 Å². The smallest absolute Gasteiger partial charge is 0.408 e. The van der Waals surface area contributed by atoms with Crippen LogP contribution in [0.4, 0.5) is 0 Å². The van der Waals surface area contributed by atoms with Crippen molar-refractivity contribution >= 4 is 12.2 Å². The number of aromatic amines is 1. The molecule has 0 saturated heterocycles. The van der Waals surface area contributed by atoms with Crippen LogP contribution < -0.4 is 5.76 Å². The third kappa shape index (κ3) is 1.73. The fourth-order valence-electron chi connectivity index (χ4n) is 0.798. The second-order valence-electron chi connectivity index (χ2n) is 2.08. The molecule has 4 nitrogen and oxygen atoms in total. The van der Waals surface area contributed by atoms with E-state index in [0.717, 1.165) is 0 Å². The summed E-state index contributed by atoms with van der Waals surface area (Å²) in [6, 6.07) is 0. The highest BCUT2D eigenvalue weighted by molar-refractivity contribution is 5.56. The Morgan fingerprint density at radius 1 is 1.67 bits per heavy atom. The zero-order valence-corrected chi connectivity index (χ0v) is 6.41. The van der Waals surface area contributed by atoms with Crippen molar-refractivity contribution in [2.45, 2.75) is 0 Å². The highest BCUT2D eigenvalue weighted by Gasteiger charge is 2.01. The average Bonchev–Trinajstić information content (AvgIpc) is 2.42. The Balaban J connectivity index is 3.04. The molecule has 0 aliphatic rings. The van der Waals surface area contributed by atoms with Crippen LogP contribution >= 0.6 is 0 Å². The molecule has 0 bridgehead atoms. The van der Waals surface area contributed by atoms with Gasteiger partial charge in [-0.1, -0.05) is 12.7 Å². The molecule has 0 aliphatic carbocycles. The Morgan fingerprint density at radius 2 is 2.42 bits per heavy atom. The van der Waals surface area contributed by atoms with Gasteiger partial charge in [-0.2, -0.15) is 0 Å². The van der Waals surface area contributed by atoms with E-state index < -0.39 is 5.76 Å². The Bertz CT molecular complexity index is 345. The summed E-state index contributed by atoms with van der Waals surface area (Å²) in [7, 11) is 0. The normalized spacial score (nSPS) is 10.8. The maximum absolute atomic E-state index is 10.7. The first kappa shape index (κ1) is 8.55. The van der Waals surface area contributed by atoms with Crippen LogP contribution in [0.25, 0.3) is 12.2 Å². The van der Waals surface area contributed by atoms with Crippen molar-refractivity contribution in [3.63, 3.8) is 0 Å². The maximum Gasteiger partial charge on any atom is 0.417 e. The molecule has 2 N–H and O–H groups in total. The summed E-state index contributed by atoms with van der Waals surface area (Å²) in [5, 5.41) is 8.46. The summed E-state index contributed by atoms with van der Waals surface area (Å²) >= 11 is 0. The van der Waals surface area contributed by atoms with Crippen molar-refractivity contribution in [1.82, 2.24) is 4.98 Å². The summed E-state index contributed by atoms with van der Waals surface area (Å²) in [6.07, 6.45) is 4.48. The third-order valence-electron chi connectivity index (χ3n) is 1.28. The minimum atomic E-state index is -0.525. The van der Waals surface area contributed by atoms with Gasteiger partial charge in [0.2, 0.25) is 0 Å². The number of oxazole rings is 1. The molecule has 0 aliphatic heterocycles. The van der Waals surface area contributed by atoms with Gasteiger partial charge in [-0.25, -0.2) is 4.79 Å². The van der Waals surface area contributed by atoms with Crippen molar-refractivity contribution < 1.29 is 9.52 Å². The number of aromatic nitrogens is 1. The highest BCUT2D eigenvalue weighted by Crippen LogP contribution is 2.06. The van der Waals surface area contributed by atoms with E-state index in [1.54, 1.807) is 6.08 Å². The number of hydrogen-bond acceptors (Lipinski definition) is 3. The van der Waals surface area contributed by atoms with Gasteiger partial charge < -0.3 is 9.52 Å². The number of aliphatic hydroxyl groups excluding tert-OH is 1. The van der Waals surface area contributed by atoms with E-state index in [2.05, 4.69) is 11.6 Å². The predicted molar refractivity (Wildman–Crippen MR) is 45.5 cm³/mol. The number of H-pyrrole nitrogens is 1. The largest absolute Gasteiger partial charge is 0.417 e. The fraction of sp³-hybridized carbons (Fsp3) is 0.125. The Kier molecular flexibility index (Phi) is 2.66. The first-order chi connectivity index (χ1) is 5.77. The van der Waals surface area contributed by atoms with Crippen molar-refractivity contribution in [3.8, 4) is 0 Å².